The van der Waals surface area contributed by atoms with Crippen LogP contribution in [0.3, 0.4) is 0 Å². The van der Waals surface area contributed by atoms with E-state index in [1.807, 2.05) is 30.5 Å². The fraction of sp³-hybridized carbons (Fsp3) is 0.269. The summed E-state index contributed by atoms with van der Waals surface area (Å²) < 4.78 is 14.8. The number of oxazole rings is 1. The lowest BCUT2D eigenvalue weighted by Gasteiger charge is -2.29. The molecule has 1 fully saturated rings. The quantitative estimate of drug-likeness (QED) is 0.257. The van der Waals surface area contributed by atoms with Gasteiger partial charge in [-0.25, -0.2) is 19.3 Å². The van der Waals surface area contributed by atoms with E-state index in [0.717, 1.165) is 22.1 Å². The van der Waals surface area contributed by atoms with Gasteiger partial charge in [0.2, 0.25) is 16.8 Å². The molecule has 2 amide bonds. The van der Waals surface area contributed by atoms with Crippen molar-refractivity contribution in [1.82, 2.24) is 29.8 Å². The van der Waals surface area contributed by atoms with Gasteiger partial charge in [0.25, 0.3) is 0 Å². The van der Waals surface area contributed by atoms with Crippen LogP contribution in [0.4, 0.5) is 4.79 Å². The molecule has 4 heterocycles. The van der Waals surface area contributed by atoms with Crippen LogP contribution in [0.2, 0.25) is 0 Å². The van der Waals surface area contributed by atoms with Crippen LogP contribution in [0, 0.1) is 0 Å². The highest BCUT2D eigenvalue weighted by atomic mass is 32.2. The largest absolute Gasteiger partial charge is 0.489 e. The highest BCUT2D eigenvalue weighted by molar-refractivity contribution is 8.00. The molecule has 200 valence electrons. The Hall–Kier alpha value is -4.10. The van der Waals surface area contributed by atoms with Gasteiger partial charge < -0.3 is 24.5 Å². The van der Waals surface area contributed by atoms with Gasteiger partial charge in [-0.05, 0) is 36.8 Å². The molecule has 1 aliphatic rings. The molecule has 0 spiro atoms. The Morgan fingerprint density at radius 1 is 1.23 bits per heavy atom. The summed E-state index contributed by atoms with van der Waals surface area (Å²) in [6.07, 6.45) is 4.05. The Bertz CT molecular complexity index is 1620. The number of imidazole rings is 1. The highest BCUT2D eigenvalue weighted by Crippen LogP contribution is 2.32. The molecule has 5 aromatic rings. The second-order valence-electron chi connectivity index (χ2n) is 8.98. The summed E-state index contributed by atoms with van der Waals surface area (Å²) in [5.41, 5.74) is 2.29. The number of nitrogens with one attached hydrogen (secondary N) is 1. The van der Waals surface area contributed by atoms with Crippen LogP contribution < -0.4 is 10.1 Å². The minimum absolute atomic E-state index is 0.211. The molecule has 2 atom stereocenters. The van der Waals surface area contributed by atoms with Gasteiger partial charge in [0.1, 0.15) is 24.1 Å². The van der Waals surface area contributed by atoms with E-state index < -0.39 is 12.1 Å². The van der Waals surface area contributed by atoms with Crippen molar-refractivity contribution in [3.63, 3.8) is 0 Å². The van der Waals surface area contributed by atoms with Crippen LogP contribution in [-0.4, -0.2) is 67.0 Å². The Labute approximate surface area is 230 Å². The molecule has 0 bridgehead atoms. The molecule has 1 saturated heterocycles. The third kappa shape index (κ3) is 5.02. The van der Waals surface area contributed by atoms with Crippen LogP contribution in [0.15, 0.2) is 63.5 Å². The van der Waals surface area contributed by atoms with Crippen molar-refractivity contribution < 1.29 is 23.8 Å². The third-order valence-electron chi connectivity index (χ3n) is 6.54. The van der Waals surface area contributed by atoms with Crippen LogP contribution >= 0.6 is 23.1 Å². The Kier molecular flexibility index (Phi) is 6.83. The lowest BCUT2D eigenvalue weighted by Crippen LogP contribution is -2.46. The summed E-state index contributed by atoms with van der Waals surface area (Å²) in [5, 5.41) is 16.2. The second kappa shape index (κ2) is 10.6. The molecule has 2 N–H and O–H groups in total. The van der Waals surface area contributed by atoms with Crippen molar-refractivity contribution in [1.29, 1.82) is 0 Å². The van der Waals surface area contributed by atoms with Crippen LogP contribution in [0.25, 0.3) is 27.6 Å². The lowest BCUT2D eigenvalue weighted by molar-refractivity contribution is -0.134. The zero-order chi connectivity index (χ0) is 26.9. The first-order chi connectivity index (χ1) is 19.0. The molecule has 0 radical (unpaired) electrons. The summed E-state index contributed by atoms with van der Waals surface area (Å²) >= 11 is 3.06. The van der Waals surface area contributed by atoms with Crippen molar-refractivity contribution in [3.05, 3.63) is 60.3 Å². The Morgan fingerprint density at radius 3 is 2.85 bits per heavy atom. The average molecular weight is 565 g/mol. The molecule has 13 heteroatoms. The number of ether oxygens (including phenoxy) is 1. The van der Waals surface area contributed by atoms with Crippen molar-refractivity contribution in [2.75, 3.05) is 19.4 Å². The number of rotatable bonds is 8. The highest BCUT2D eigenvalue weighted by Gasteiger charge is 2.35. The fourth-order valence-electron chi connectivity index (χ4n) is 4.72. The molecule has 6 rings (SSSR count). The van der Waals surface area contributed by atoms with Crippen LogP contribution in [0.1, 0.15) is 24.4 Å². The second-order valence-corrected chi connectivity index (χ2v) is 11.0. The van der Waals surface area contributed by atoms with Gasteiger partial charge >= 0.3 is 6.09 Å². The van der Waals surface area contributed by atoms with E-state index in [2.05, 4.69) is 20.4 Å². The van der Waals surface area contributed by atoms with E-state index in [0.29, 0.717) is 40.5 Å². The molecule has 2 aromatic carbocycles. The average Bonchev–Trinajstić information content (AvgIpc) is 3.72. The normalized spacial score (nSPS) is 16.1. The number of fused-ring (bicyclic) bond motifs is 2. The van der Waals surface area contributed by atoms with Crippen molar-refractivity contribution in [3.8, 4) is 17.3 Å². The summed E-state index contributed by atoms with van der Waals surface area (Å²) in [6.45, 7) is 0.767. The first-order valence-corrected chi connectivity index (χ1v) is 14.3. The van der Waals surface area contributed by atoms with E-state index in [1.165, 1.54) is 11.3 Å². The first-order valence-electron chi connectivity index (χ1n) is 12.3. The van der Waals surface area contributed by atoms with Gasteiger partial charge in [0.05, 0.1) is 12.2 Å². The molecular formula is C26H24N6O5S2. The minimum atomic E-state index is -1.25. The van der Waals surface area contributed by atoms with Gasteiger partial charge in [-0.3, -0.25) is 4.79 Å². The number of carbonyl (C=O) groups excluding carboxylic acids is 1. The number of para-hydroxylation sites is 1. The van der Waals surface area contributed by atoms with E-state index in [-0.39, 0.29) is 18.6 Å². The van der Waals surface area contributed by atoms with E-state index in [9.17, 15) is 14.7 Å². The van der Waals surface area contributed by atoms with Crippen LogP contribution in [-0.2, 0) is 4.79 Å². The summed E-state index contributed by atoms with van der Waals surface area (Å²) in [5.74, 6) is 0.607. The number of nitrogens with zero attached hydrogens (tertiary/aromatic N) is 5. The minimum Gasteiger partial charge on any atom is -0.489 e. The zero-order valence-corrected chi connectivity index (χ0v) is 22.4. The van der Waals surface area contributed by atoms with Gasteiger partial charge in [-0.15, -0.1) is 5.10 Å². The molecule has 11 nitrogen and oxygen atoms in total. The lowest BCUT2D eigenvalue weighted by atomic mass is 10.1. The summed E-state index contributed by atoms with van der Waals surface area (Å²) in [4.78, 5) is 36.6. The van der Waals surface area contributed by atoms with E-state index >= 15 is 0 Å². The number of amides is 2. The number of likely N-dealkylation sites (tertiary alicyclic amines) is 1. The monoisotopic (exact) mass is 564 g/mol. The molecule has 0 saturated carbocycles. The predicted octanol–water partition coefficient (Wildman–Crippen LogP) is 4.70. The van der Waals surface area contributed by atoms with E-state index in [1.54, 1.807) is 51.6 Å². The Morgan fingerprint density at radius 2 is 2.08 bits per heavy atom. The van der Waals surface area contributed by atoms with E-state index in [4.69, 9.17) is 9.15 Å². The fourth-order valence-corrected chi connectivity index (χ4v) is 6.07. The number of carboxylic acid groups (broad SMARTS) is 1. The maximum Gasteiger partial charge on any atom is 0.405 e. The number of benzene rings is 2. The molecular weight excluding hydrogens is 540 g/mol. The first kappa shape index (κ1) is 25.2. The number of hydrogen-bond donors (Lipinski definition) is 2. The van der Waals surface area contributed by atoms with Gasteiger partial charge in [0, 0.05) is 6.54 Å². The third-order valence-corrected chi connectivity index (χ3v) is 8.44. The molecule has 3 aromatic heterocycles. The zero-order valence-electron chi connectivity index (χ0n) is 20.8. The Balaban J connectivity index is 1.20. The number of hydrogen-bond acceptors (Lipinski definition) is 9. The smallest absolute Gasteiger partial charge is 0.405 e. The molecule has 39 heavy (non-hydrogen) atoms. The summed E-state index contributed by atoms with van der Waals surface area (Å²) in [7, 11) is 0. The number of aromatic nitrogens is 4. The predicted molar refractivity (Wildman–Crippen MR) is 146 cm³/mol. The van der Waals surface area contributed by atoms with Crippen molar-refractivity contribution in [2.45, 2.75) is 29.3 Å². The van der Waals surface area contributed by atoms with Crippen molar-refractivity contribution >= 4 is 51.2 Å². The standard InChI is InChI=1S/C26H24N6O5S2/c1-38-26-30-32-13-17(27-24(32)39-26)22-28-21-18(10-5-11-19(21)37-22)36-14-16-9-6-12-31(16)23(33)20(29-25(34)35)15-7-3-2-4-8-15/h2-5,7-8,10-11,13,16,20,29H,6,9,12,14H2,1H3,(H,34,35)/t16-,20+/m0/s1. The van der Waals surface area contributed by atoms with Gasteiger partial charge in [-0.2, -0.15) is 0 Å². The maximum absolute atomic E-state index is 13.5. The molecule has 1 aliphatic heterocycles. The SMILES string of the molecule is CSc1nn2cc(-c3nc4c(OC[C@@H]5CCCN5C(=O)[C@H](NC(=O)O)c5ccccc5)cccc4o3)nc2s1. The van der Waals surface area contributed by atoms with Gasteiger partial charge in [-0.1, -0.05) is 59.5 Å². The van der Waals surface area contributed by atoms with Gasteiger partial charge in [0.15, 0.2) is 15.4 Å². The molecule has 0 unspecified atom stereocenters. The number of thioether (sulfide) groups is 1. The topological polar surface area (TPSA) is 135 Å². The number of carbonyl (C=O) groups is 2. The molecule has 0 aliphatic carbocycles. The van der Waals surface area contributed by atoms with Crippen LogP contribution in [0.5, 0.6) is 5.75 Å². The summed E-state index contributed by atoms with van der Waals surface area (Å²) in [6, 6.07) is 13.1. The van der Waals surface area contributed by atoms with Crippen molar-refractivity contribution in [2.24, 2.45) is 0 Å². The maximum atomic E-state index is 13.5.